The molecule has 0 spiro atoms. The van der Waals surface area contributed by atoms with Crippen molar-refractivity contribution in [3.63, 3.8) is 0 Å². The van der Waals surface area contributed by atoms with Gasteiger partial charge < -0.3 is 4.74 Å². The van der Waals surface area contributed by atoms with Gasteiger partial charge in [-0.15, -0.1) is 0 Å². The summed E-state index contributed by atoms with van der Waals surface area (Å²) in [5.74, 6) is 0.253. The van der Waals surface area contributed by atoms with Crippen molar-refractivity contribution in [3.8, 4) is 16.9 Å². The van der Waals surface area contributed by atoms with E-state index in [4.69, 9.17) is 16.3 Å². The summed E-state index contributed by atoms with van der Waals surface area (Å²) in [6.07, 6.45) is -2.97. The summed E-state index contributed by atoms with van der Waals surface area (Å²) in [6.45, 7) is 0. The summed E-state index contributed by atoms with van der Waals surface area (Å²) in [5, 5.41) is 0.109. The molecule has 0 radical (unpaired) electrons. The highest BCUT2D eigenvalue weighted by molar-refractivity contribution is 6.31. The third-order valence-electron chi connectivity index (χ3n) is 2.57. The van der Waals surface area contributed by atoms with Gasteiger partial charge in [-0.1, -0.05) is 23.7 Å². The zero-order valence-electron chi connectivity index (χ0n) is 9.83. The molecule has 0 saturated heterocycles. The standard InChI is InChI=1S/C13H9ClF3NO/c1-19-11-10(5-6-18-12(11)14)8-3-2-4-9(7-8)13(15,16)17/h2-7H,1H3. The molecule has 0 fully saturated rings. The summed E-state index contributed by atoms with van der Waals surface area (Å²) in [7, 11) is 1.39. The van der Waals surface area contributed by atoms with E-state index in [0.29, 0.717) is 11.1 Å². The number of hydrogen-bond acceptors (Lipinski definition) is 2. The Labute approximate surface area is 112 Å². The van der Waals surface area contributed by atoms with Gasteiger partial charge in [0.25, 0.3) is 0 Å². The Kier molecular flexibility index (Phi) is 3.66. The van der Waals surface area contributed by atoms with Crippen LogP contribution in [-0.2, 0) is 6.18 Å². The lowest BCUT2D eigenvalue weighted by molar-refractivity contribution is -0.137. The minimum atomic E-state index is -4.39. The maximum Gasteiger partial charge on any atom is 0.416 e. The maximum atomic E-state index is 12.7. The fourth-order valence-corrected chi connectivity index (χ4v) is 1.94. The highest BCUT2D eigenvalue weighted by Gasteiger charge is 2.30. The third kappa shape index (κ3) is 2.81. The van der Waals surface area contributed by atoms with E-state index in [-0.39, 0.29) is 10.9 Å². The van der Waals surface area contributed by atoms with Crippen LogP contribution in [0.25, 0.3) is 11.1 Å². The summed E-state index contributed by atoms with van der Waals surface area (Å²) in [4.78, 5) is 3.83. The zero-order chi connectivity index (χ0) is 14.0. The molecule has 1 aromatic heterocycles. The molecule has 0 unspecified atom stereocenters. The topological polar surface area (TPSA) is 22.1 Å². The van der Waals surface area contributed by atoms with Crippen LogP contribution in [0.2, 0.25) is 5.15 Å². The van der Waals surface area contributed by atoms with Crippen molar-refractivity contribution in [1.82, 2.24) is 4.98 Å². The average molecular weight is 288 g/mol. The number of pyridine rings is 1. The first kappa shape index (κ1) is 13.7. The van der Waals surface area contributed by atoms with E-state index in [9.17, 15) is 13.2 Å². The van der Waals surface area contributed by atoms with E-state index < -0.39 is 11.7 Å². The van der Waals surface area contributed by atoms with Gasteiger partial charge in [0.2, 0.25) is 0 Å². The number of hydrogen-bond donors (Lipinski definition) is 0. The fraction of sp³-hybridized carbons (Fsp3) is 0.154. The third-order valence-corrected chi connectivity index (χ3v) is 2.84. The first-order chi connectivity index (χ1) is 8.93. The number of aromatic nitrogens is 1. The van der Waals surface area contributed by atoms with Gasteiger partial charge in [0, 0.05) is 11.8 Å². The molecule has 100 valence electrons. The molecule has 0 N–H and O–H groups in total. The molecule has 19 heavy (non-hydrogen) atoms. The maximum absolute atomic E-state index is 12.7. The SMILES string of the molecule is COc1c(-c2cccc(C(F)(F)F)c2)ccnc1Cl. The van der Waals surface area contributed by atoms with Crippen LogP contribution >= 0.6 is 11.6 Å². The van der Waals surface area contributed by atoms with Crippen LogP contribution in [0.3, 0.4) is 0 Å². The second kappa shape index (κ2) is 5.09. The normalized spacial score (nSPS) is 11.4. The minimum Gasteiger partial charge on any atom is -0.493 e. The summed E-state index contributed by atoms with van der Waals surface area (Å²) in [5.41, 5.74) is 0.115. The predicted molar refractivity (Wildman–Crippen MR) is 66.2 cm³/mol. The van der Waals surface area contributed by atoms with Crippen LogP contribution in [0.5, 0.6) is 5.75 Å². The molecule has 6 heteroatoms. The summed E-state index contributed by atoms with van der Waals surface area (Å²) >= 11 is 5.85. The van der Waals surface area contributed by atoms with Gasteiger partial charge in [0.05, 0.1) is 12.7 Å². The summed E-state index contributed by atoms with van der Waals surface area (Å²) in [6, 6.07) is 6.52. The van der Waals surface area contributed by atoms with Gasteiger partial charge in [0.1, 0.15) is 0 Å². The molecule has 1 heterocycles. The van der Waals surface area contributed by atoms with Gasteiger partial charge in [-0.2, -0.15) is 13.2 Å². The van der Waals surface area contributed by atoms with E-state index in [1.165, 1.54) is 19.4 Å². The molecule has 2 nitrogen and oxygen atoms in total. The zero-order valence-corrected chi connectivity index (χ0v) is 10.6. The molecule has 0 saturated carbocycles. The highest BCUT2D eigenvalue weighted by atomic mass is 35.5. The molecule has 0 aliphatic carbocycles. The molecule has 0 amide bonds. The Morgan fingerprint density at radius 3 is 2.58 bits per heavy atom. The van der Waals surface area contributed by atoms with Gasteiger partial charge in [-0.25, -0.2) is 4.98 Å². The minimum absolute atomic E-state index is 0.109. The molecule has 0 bridgehead atoms. The van der Waals surface area contributed by atoms with Crippen molar-refractivity contribution >= 4 is 11.6 Å². The monoisotopic (exact) mass is 287 g/mol. The Balaban J connectivity index is 2.57. The second-order valence-electron chi connectivity index (χ2n) is 3.76. The van der Waals surface area contributed by atoms with Crippen LogP contribution in [0, 0.1) is 0 Å². The van der Waals surface area contributed by atoms with E-state index in [1.807, 2.05) is 0 Å². The lowest BCUT2D eigenvalue weighted by Gasteiger charge is -2.12. The van der Waals surface area contributed by atoms with Crippen molar-refractivity contribution in [2.75, 3.05) is 7.11 Å². The Hall–Kier alpha value is -1.75. The van der Waals surface area contributed by atoms with E-state index in [0.717, 1.165) is 12.1 Å². The molecule has 2 rings (SSSR count). The van der Waals surface area contributed by atoms with Crippen LogP contribution < -0.4 is 4.74 Å². The predicted octanol–water partition coefficient (Wildman–Crippen LogP) is 4.43. The molecular weight excluding hydrogens is 279 g/mol. The fourth-order valence-electron chi connectivity index (χ4n) is 1.71. The summed E-state index contributed by atoms with van der Waals surface area (Å²) < 4.78 is 43.1. The Morgan fingerprint density at radius 1 is 1.21 bits per heavy atom. The number of benzene rings is 1. The number of alkyl halides is 3. The van der Waals surface area contributed by atoms with Crippen molar-refractivity contribution in [3.05, 3.63) is 47.2 Å². The number of rotatable bonds is 2. The van der Waals surface area contributed by atoms with Crippen LogP contribution in [0.4, 0.5) is 13.2 Å². The van der Waals surface area contributed by atoms with Gasteiger partial charge >= 0.3 is 6.18 Å². The number of methoxy groups -OCH3 is 1. The highest BCUT2D eigenvalue weighted by Crippen LogP contribution is 2.37. The van der Waals surface area contributed by atoms with Crippen molar-refractivity contribution < 1.29 is 17.9 Å². The van der Waals surface area contributed by atoms with Crippen molar-refractivity contribution in [1.29, 1.82) is 0 Å². The first-order valence-corrected chi connectivity index (χ1v) is 5.67. The molecule has 1 aromatic carbocycles. The lowest BCUT2D eigenvalue weighted by Crippen LogP contribution is -2.04. The molecule has 0 aliphatic heterocycles. The molecule has 0 atom stereocenters. The van der Waals surface area contributed by atoms with Gasteiger partial charge in [-0.3, -0.25) is 0 Å². The van der Waals surface area contributed by atoms with E-state index in [1.54, 1.807) is 12.1 Å². The Bertz CT molecular complexity index is 599. The number of ether oxygens (including phenoxy) is 1. The molecule has 0 aliphatic rings. The number of halogens is 4. The molecule has 2 aromatic rings. The van der Waals surface area contributed by atoms with Crippen molar-refractivity contribution in [2.45, 2.75) is 6.18 Å². The van der Waals surface area contributed by atoms with E-state index >= 15 is 0 Å². The Morgan fingerprint density at radius 2 is 1.95 bits per heavy atom. The van der Waals surface area contributed by atoms with Gasteiger partial charge in [0.15, 0.2) is 10.9 Å². The van der Waals surface area contributed by atoms with Gasteiger partial charge in [-0.05, 0) is 23.8 Å². The molecular formula is C13H9ClF3NO. The smallest absolute Gasteiger partial charge is 0.416 e. The lowest BCUT2D eigenvalue weighted by atomic mass is 10.0. The second-order valence-corrected chi connectivity index (χ2v) is 4.12. The average Bonchev–Trinajstić information content (AvgIpc) is 2.37. The van der Waals surface area contributed by atoms with Crippen molar-refractivity contribution in [2.24, 2.45) is 0 Å². The van der Waals surface area contributed by atoms with Crippen LogP contribution in [0.1, 0.15) is 5.56 Å². The first-order valence-electron chi connectivity index (χ1n) is 5.29. The number of nitrogens with zero attached hydrogens (tertiary/aromatic N) is 1. The quantitative estimate of drug-likeness (QED) is 0.762. The van der Waals surface area contributed by atoms with Crippen LogP contribution in [0.15, 0.2) is 36.5 Å². The largest absolute Gasteiger partial charge is 0.493 e. The van der Waals surface area contributed by atoms with E-state index in [2.05, 4.69) is 4.98 Å². The van der Waals surface area contributed by atoms with Crippen LogP contribution in [-0.4, -0.2) is 12.1 Å².